The van der Waals surface area contributed by atoms with Crippen molar-refractivity contribution in [3.05, 3.63) is 23.8 Å². The molecule has 1 rings (SSSR count). The lowest BCUT2D eigenvalue weighted by atomic mass is 9.82. The first-order valence-electron chi connectivity index (χ1n) is 4.47. The molecule has 0 saturated carbocycles. The van der Waals surface area contributed by atoms with Crippen molar-refractivity contribution in [1.29, 1.82) is 0 Å². The van der Waals surface area contributed by atoms with Gasteiger partial charge in [-0.25, -0.2) is 0 Å². The van der Waals surface area contributed by atoms with E-state index in [1.165, 1.54) is 12.0 Å². The van der Waals surface area contributed by atoms with E-state index in [2.05, 4.69) is 45.9 Å². The van der Waals surface area contributed by atoms with Crippen LogP contribution in [-0.2, 0) is 0 Å². The SMILES string of the molecule is CCC(C)(C)C1=CC(C)C=C1. The van der Waals surface area contributed by atoms with Gasteiger partial charge in [-0.1, -0.05) is 45.9 Å². The van der Waals surface area contributed by atoms with Crippen LogP contribution in [0.4, 0.5) is 0 Å². The van der Waals surface area contributed by atoms with Crippen LogP contribution in [0.5, 0.6) is 0 Å². The summed E-state index contributed by atoms with van der Waals surface area (Å²) in [7, 11) is 0. The Hall–Kier alpha value is -0.520. The molecule has 11 heavy (non-hydrogen) atoms. The highest BCUT2D eigenvalue weighted by atomic mass is 14.3. The van der Waals surface area contributed by atoms with Crippen LogP contribution in [0.15, 0.2) is 23.8 Å². The van der Waals surface area contributed by atoms with Gasteiger partial charge in [0.05, 0.1) is 0 Å². The fourth-order valence-corrected chi connectivity index (χ4v) is 1.31. The summed E-state index contributed by atoms with van der Waals surface area (Å²) in [5.41, 5.74) is 1.88. The topological polar surface area (TPSA) is 0 Å². The van der Waals surface area contributed by atoms with E-state index in [0.717, 1.165) is 0 Å². The third kappa shape index (κ3) is 1.74. The average molecular weight is 150 g/mol. The fraction of sp³-hybridized carbons (Fsp3) is 0.636. The van der Waals surface area contributed by atoms with Crippen LogP contribution in [0, 0.1) is 11.3 Å². The molecular formula is C11H18. The van der Waals surface area contributed by atoms with E-state index in [1.54, 1.807) is 0 Å². The first-order valence-corrected chi connectivity index (χ1v) is 4.47. The summed E-state index contributed by atoms with van der Waals surface area (Å²) in [5.74, 6) is 0.649. The van der Waals surface area contributed by atoms with Crippen LogP contribution in [-0.4, -0.2) is 0 Å². The van der Waals surface area contributed by atoms with Gasteiger partial charge in [0.2, 0.25) is 0 Å². The van der Waals surface area contributed by atoms with E-state index < -0.39 is 0 Å². The number of hydrogen-bond acceptors (Lipinski definition) is 0. The number of rotatable bonds is 2. The van der Waals surface area contributed by atoms with Crippen LogP contribution in [0.3, 0.4) is 0 Å². The molecule has 0 aromatic carbocycles. The van der Waals surface area contributed by atoms with Gasteiger partial charge in [0, 0.05) is 0 Å². The van der Waals surface area contributed by atoms with Crippen molar-refractivity contribution in [2.45, 2.75) is 34.1 Å². The second kappa shape index (κ2) is 2.84. The molecule has 0 saturated heterocycles. The van der Waals surface area contributed by atoms with E-state index >= 15 is 0 Å². The minimum atomic E-state index is 0.376. The van der Waals surface area contributed by atoms with E-state index in [0.29, 0.717) is 11.3 Å². The van der Waals surface area contributed by atoms with Crippen LogP contribution in [0.2, 0.25) is 0 Å². The maximum absolute atomic E-state index is 2.36. The quantitative estimate of drug-likeness (QED) is 0.564. The van der Waals surface area contributed by atoms with Gasteiger partial charge in [-0.15, -0.1) is 0 Å². The van der Waals surface area contributed by atoms with Gasteiger partial charge in [-0.05, 0) is 23.3 Å². The second-order valence-corrected chi connectivity index (χ2v) is 4.08. The number of allylic oxidation sites excluding steroid dienone is 4. The lowest BCUT2D eigenvalue weighted by Crippen LogP contribution is -2.10. The van der Waals surface area contributed by atoms with Gasteiger partial charge < -0.3 is 0 Å². The summed E-state index contributed by atoms with van der Waals surface area (Å²) in [4.78, 5) is 0. The van der Waals surface area contributed by atoms with Crippen molar-refractivity contribution in [3.63, 3.8) is 0 Å². The molecule has 0 aliphatic heterocycles. The number of hydrogen-bond donors (Lipinski definition) is 0. The maximum Gasteiger partial charge on any atom is -0.00726 e. The normalized spacial score (nSPS) is 24.0. The Morgan fingerprint density at radius 1 is 1.45 bits per heavy atom. The molecule has 0 aromatic rings. The van der Waals surface area contributed by atoms with Crippen molar-refractivity contribution in [1.82, 2.24) is 0 Å². The molecule has 1 aliphatic rings. The molecule has 0 N–H and O–H groups in total. The van der Waals surface area contributed by atoms with Crippen LogP contribution in [0.1, 0.15) is 34.1 Å². The Morgan fingerprint density at radius 3 is 2.45 bits per heavy atom. The van der Waals surface area contributed by atoms with E-state index in [9.17, 15) is 0 Å². The highest BCUT2D eigenvalue weighted by molar-refractivity contribution is 5.33. The first kappa shape index (κ1) is 8.58. The molecule has 62 valence electrons. The van der Waals surface area contributed by atoms with Crippen molar-refractivity contribution >= 4 is 0 Å². The predicted octanol–water partition coefficient (Wildman–Crippen LogP) is 3.55. The van der Waals surface area contributed by atoms with Crippen molar-refractivity contribution in [2.24, 2.45) is 11.3 Å². The molecule has 0 amide bonds. The Morgan fingerprint density at radius 2 is 2.09 bits per heavy atom. The Kier molecular flexibility index (Phi) is 2.22. The van der Waals surface area contributed by atoms with Gasteiger partial charge in [0.1, 0.15) is 0 Å². The fourth-order valence-electron chi connectivity index (χ4n) is 1.31. The van der Waals surface area contributed by atoms with Crippen molar-refractivity contribution in [2.75, 3.05) is 0 Å². The third-order valence-electron chi connectivity index (χ3n) is 2.69. The lowest BCUT2D eigenvalue weighted by molar-refractivity contribution is 0.439. The zero-order valence-corrected chi connectivity index (χ0v) is 8.02. The molecule has 1 atom stereocenters. The van der Waals surface area contributed by atoms with E-state index in [4.69, 9.17) is 0 Å². The van der Waals surface area contributed by atoms with E-state index in [-0.39, 0.29) is 0 Å². The molecule has 1 unspecified atom stereocenters. The third-order valence-corrected chi connectivity index (χ3v) is 2.69. The summed E-state index contributed by atoms with van der Waals surface area (Å²) in [6.07, 6.45) is 8.13. The van der Waals surface area contributed by atoms with Gasteiger partial charge in [0.25, 0.3) is 0 Å². The highest BCUT2D eigenvalue weighted by Crippen LogP contribution is 2.34. The first-order chi connectivity index (χ1) is 5.06. The van der Waals surface area contributed by atoms with Crippen LogP contribution >= 0.6 is 0 Å². The minimum Gasteiger partial charge on any atom is -0.0776 e. The Labute approximate surface area is 70.0 Å². The van der Waals surface area contributed by atoms with E-state index in [1.807, 2.05) is 0 Å². The standard InChI is InChI=1S/C11H18/c1-5-11(3,4)10-7-6-9(2)8-10/h6-9H,5H2,1-4H3. The summed E-state index contributed by atoms with van der Waals surface area (Å²) < 4.78 is 0. The summed E-state index contributed by atoms with van der Waals surface area (Å²) in [6, 6.07) is 0. The second-order valence-electron chi connectivity index (χ2n) is 4.08. The molecule has 1 aliphatic carbocycles. The van der Waals surface area contributed by atoms with Gasteiger partial charge in [-0.2, -0.15) is 0 Å². The Balaban J connectivity index is 2.77. The molecule has 0 spiro atoms. The van der Waals surface area contributed by atoms with Crippen LogP contribution < -0.4 is 0 Å². The Bertz CT molecular complexity index is 194. The van der Waals surface area contributed by atoms with Crippen LogP contribution in [0.25, 0.3) is 0 Å². The van der Waals surface area contributed by atoms with Crippen molar-refractivity contribution < 1.29 is 0 Å². The summed E-state index contributed by atoms with van der Waals surface area (Å²) >= 11 is 0. The van der Waals surface area contributed by atoms with Crippen molar-refractivity contribution in [3.8, 4) is 0 Å². The summed E-state index contributed by atoms with van der Waals surface area (Å²) in [6.45, 7) is 9.09. The lowest BCUT2D eigenvalue weighted by Gasteiger charge is -2.23. The average Bonchev–Trinajstić information content (AvgIpc) is 2.36. The van der Waals surface area contributed by atoms with Gasteiger partial charge >= 0.3 is 0 Å². The van der Waals surface area contributed by atoms with Gasteiger partial charge in [0.15, 0.2) is 0 Å². The van der Waals surface area contributed by atoms with Gasteiger partial charge in [-0.3, -0.25) is 0 Å². The smallest absolute Gasteiger partial charge is 0.00726 e. The molecule has 0 radical (unpaired) electrons. The molecule has 0 heteroatoms. The maximum atomic E-state index is 2.36. The molecule has 0 heterocycles. The largest absolute Gasteiger partial charge is 0.0776 e. The monoisotopic (exact) mass is 150 g/mol. The highest BCUT2D eigenvalue weighted by Gasteiger charge is 2.21. The molecule has 0 aromatic heterocycles. The zero-order valence-electron chi connectivity index (χ0n) is 8.02. The summed E-state index contributed by atoms with van der Waals surface area (Å²) in [5, 5.41) is 0. The minimum absolute atomic E-state index is 0.376. The molecule has 0 bridgehead atoms. The molecular weight excluding hydrogens is 132 g/mol. The predicted molar refractivity (Wildman–Crippen MR) is 50.5 cm³/mol. The molecule has 0 nitrogen and oxygen atoms in total. The molecule has 0 fully saturated rings. The zero-order chi connectivity index (χ0) is 8.48.